The number of anilines is 1. The van der Waals surface area contributed by atoms with Crippen LogP contribution >= 0.6 is 11.5 Å². The molecule has 1 aliphatic rings. The van der Waals surface area contributed by atoms with Gasteiger partial charge in [0.05, 0.1) is 6.61 Å². The molecular weight excluding hydrogens is 186 g/mol. The van der Waals surface area contributed by atoms with E-state index < -0.39 is 0 Å². The first-order valence-electron chi connectivity index (χ1n) is 4.49. The van der Waals surface area contributed by atoms with Gasteiger partial charge in [-0.25, -0.2) is 4.98 Å². The van der Waals surface area contributed by atoms with Gasteiger partial charge in [0.1, 0.15) is 5.82 Å². The van der Waals surface area contributed by atoms with Crippen molar-refractivity contribution >= 4 is 16.7 Å². The lowest BCUT2D eigenvalue weighted by Crippen LogP contribution is -2.16. The Hall–Kier alpha value is -0.680. The minimum absolute atomic E-state index is 0.409. The maximum atomic E-state index is 5.38. The van der Waals surface area contributed by atoms with Crippen molar-refractivity contribution in [3.05, 3.63) is 5.82 Å². The predicted octanol–water partition coefficient (Wildman–Crippen LogP) is 1.47. The van der Waals surface area contributed by atoms with Gasteiger partial charge < -0.3 is 10.1 Å². The number of nitrogens with zero attached hydrogens (tertiary/aromatic N) is 2. The molecule has 4 nitrogen and oxygen atoms in total. The van der Waals surface area contributed by atoms with Crippen LogP contribution in [0, 0.1) is 0 Å². The van der Waals surface area contributed by atoms with Crippen LogP contribution in [0.3, 0.4) is 0 Å². The third-order valence-corrected chi connectivity index (χ3v) is 2.93. The van der Waals surface area contributed by atoms with E-state index in [9.17, 15) is 0 Å². The van der Waals surface area contributed by atoms with E-state index >= 15 is 0 Å². The van der Waals surface area contributed by atoms with Gasteiger partial charge in [0, 0.05) is 31.1 Å². The SMILES string of the molecule is CNc1nc(C2CCCOC2)ns1. The highest BCUT2D eigenvalue weighted by atomic mass is 32.1. The van der Waals surface area contributed by atoms with Crippen LogP contribution in [0.2, 0.25) is 0 Å². The fourth-order valence-electron chi connectivity index (χ4n) is 1.45. The molecule has 1 fully saturated rings. The molecule has 13 heavy (non-hydrogen) atoms. The van der Waals surface area contributed by atoms with Crippen LogP contribution in [-0.2, 0) is 4.74 Å². The monoisotopic (exact) mass is 199 g/mol. The molecule has 5 heteroatoms. The number of rotatable bonds is 2. The van der Waals surface area contributed by atoms with Crippen molar-refractivity contribution in [3.63, 3.8) is 0 Å². The first kappa shape index (κ1) is 8.90. The molecule has 1 unspecified atom stereocenters. The van der Waals surface area contributed by atoms with Gasteiger partial charge in [0.2, 0.25) is 5.13 Å². The summed E-state index contributed by atoms with van der Waals surface area (Å²) >= 11 is 1.42. The molecule has 0 bridgehead atoms. The van der Waals surface area contributed by atoms with Gasteiger partial charge in [-0.1, -0.05) is 0 Å². The average molecular weight is 199 g/mol. The number of hydrogen-bond acceptors (Lipinski definition) is 5. The van der Waals surface area contributed by atoms with Gasteiger partial charge in [-0.15, -0.1) is 0 Å². The molecule has 1 aliphatic heterocycles. The lowest BCUT2D eigenvalue weighted by atomic mass is 10.0. The van der Waals surface area contributed by atoms with Crippen LogP contribution in [-0.4, -0.2) is 29.6 Å². The quantitative estimate of drug-likeness (QED) is 0.783. The molecule has 1 N–H and O–H groups in total. The normalized spacial score (nSPS) is 23.0. The van der Waals surface area contributed by atoms with Gasteiger partial charge in [-0.2, -0.15) is 4.37 Å². The summed E-state index contributed by atoms with van der Waals surface area (Å²) in [5, 5.41) is 3.88. The Labute approximate surface area is 81.5 Å². The van der Waals surface area contributed by atoms with Gasteiger partial charge >= 0.3 is 0 Å². The van der Waals surface area contributed by atoms with E-state index in [1.54, 1.807) is 0 Å². The molecule has 1 atom stereocenters. The van der Waals surface area contributed by atoms with Crippen molar-refractivity contribution in [2.24, 2.45) is 0 Å². The van der Waals surface area contributed by atoms with Crippen molar-refractivity contribution < 1.29 is 4.74 Å². The third kappa shape index (κ3) is 1.97. The van der Waals surface area contributed by atoms with E-state index in [0.717, 1.165) is 37.0 Å². The van der Waals surface area contributed by atoms with Crippen LogP contribution in [0.25, 0.3) is 0 Å². The third-order valence-electron chi connectivity index (χ3n) is 2.18. The Morgan fingerprint density at radius 2 is 2.54 bits per heavy atom. The van der Waals surface area contributed by atoms with Crippen molar-refractivity contribution in [1.82, 2.24) is 9.36 Å². The van der Waals surface area contributed by atoms with E-state index in [4.69, 9.17) is 4.74 Å². The fraction of sp³-hybridized carbons (Fsp3) is 0.750. The molecule has 0 saturated carbocycles. The number of ether oxygens (including phenoxy) is 1. The highest BCUT2D eigenvalue weighted by Crippen LogP contribution is 2.25. The summed E-state index contributed by atoms with van der Waals surface area (Å²) in [5.74, 6) is 1.35. The summed E-state index contributed by atoms with van der Waals surface area (Å²) in [7, 11) is 1.86. The minimum atomic E-state index is 0.409. The number of nitrogens with one attached hydrogen (secondary N) is 1. The van der Waals surface area contributed by atoms with E-state index in [0.29, 0.717) is 5.92 Å². The van der Waals surface area contributed by atoms with Crippen LogP contribution < -0.4 is 5.32 Å². The Kier molecular flexibility index (Phi) is 2.75. The Morgan fingerprint density at radius 3 is 3.15 bits per heavy atom. The zero-order valence-corrected chi connectivity index (χ0v) is 8.43. The van der Waals surface area contributed by atoms with Crippen LogP contribution in [0.1, 0.15) is 24.6 Å². The molecule has 1 aromatic rings. The predicted molar refractivity (Wildman–Crippen MR) is 52.2 cm³/mol. The molecule has 2 heterocycles. The summed E-state index contributed by atoms with van der Waals surface area (Å²) in [6, 6.07) is 0. The lowest BCUT2D eigenvalue weighted by molar-refractivity contribution is 0.0784. The number of aromatic nitrogens is 2. The Bertz CT molecular complexity index is 270. The minimum Gasteiger partial charge on any atom is -0.381 e. The molecular formula is C8H13N3OS. The van der Waals surface area contributed by atoms with Gasteiger partial charge in [0.25, 0.3) is 0 Å². The maximum Gasteiger partial charge on any atom is 0.202 e. The van der Waals surface area contributed by atoms with Gasteiger partial charge in [0.15, 0.2) is 0 Å². The van der Waals surface area contributed by atoms with Crippen LogP contribution in [0.4, 0.5) is 5.13 Å². The van der Waals surface area contributed by atoms with Crippen molar-refractivity contribution in [1.29, 1.82) is 0 Å². The van der Waals surface area contributed by atoms with Crippen molar-refractivity contribution in [2.75, 3.05) is 25.6 Å². The maximum absolute atomic E-state index is 5.38. The standard InChI is InChI=1S/C8H13N3OS/c1-9-8-10-7(11-13-8)6-3-2-4-12-5-6/h6H,2-5H2,1H3,(H,9,10,11). The largest absolute Gasteiger partial charge is 0.381 e. The summed E-state index contributed by atoms with van der Waals surface area (Å²) < 4.78 is 9.68. The molecule has 72 valence electrons. The smallest absolute Gasteiger partial charge is 0.202 e. The average Bonchev–Trinajstić information content (AvgIpc) is 2.67. The van der Waals surface area contributed by atoms with Crippen LogP contribution in [0.5, 0.6) is 0 Å². The second-order valence-corrected chi connectivity index (χ2v) is 3.87. The molecule has 2 rings (SSSR count). The zero-order chi connectivity index (χ0) is 9.10. The lowest BCUT2D eigenvalue weighted by Gasteiger charge is -2.18. The van der Waals surface area contributed by atoms with E-state index in [1.807, 2.05) is 7.05 Å². The summed E-state index contributed by atoms with van der Waals surface area (Å²) in [5.41, 5.74) is 0. The Morgan fingerprint density at radius 1 is 1.62 bits per heavy atom. The molecule has 1 saturated heterocycles. The van der Waals surface area contributed by atoms with E-state index in [2.05, 4.69) is 14.7 Å². The Balaban J connectivity index is 2.05. The van der Waals surface area contributed by atoms with Gasteiger partial charge in [-0.3, -0.25) is 0 Å². The zero-order valence-electron chi connectivity index (χ0n) is 7.62. The van der Waals surface area contributed by atoms with E-state index in [1.165, 1.54) is 11.5 Å². The summed E-state index contributed by atoms with van der Waals surface area (Å²) in [6.45, 7) is 1.67. The molecule has 1 aromatic heterocycles. The van der Waals surface area contributed by atoms with Crippen LogP contribution in [0.15, 0.2) is 0 Å². The molecule has 0 aromatic carbocycles. The summed E-state index contributed by atoms with van der Waals surface area (Å²) in [4.78, 5) is 4.37. The molecule has 0 amide bonds. The second kappa shape index (κ2) is 4.02. The topological polar surface area (TPSA) is 47.0 Å². The van der Waals surface area contributed by atoms with Crippen molar-refractivity contribution in [3.8, 4) is 0 Å². The highest BCUT2D eigenvalue weighted by molar-refractivity contribution is 7.09. The molecule has 0 spiro atoms. The first-order chi connectivity index (χ1) is 6.40. The van der Waals surface area contributed by atoms with E-state index in [-0.39, 0.29) is 0 Å². The molecule has 0 radical (unpaired) electrons. The van der Waals surface area contributed by atoms with Gasteiger partial charge in [-0.05, 0) is 12.8 Å². The summed E-state index contributed by atoms with van der Waals surface area (Å²) in [6.07, 6.45) is 2.28. The fourth-order valence-corrected chi connectivity index (χ4v) is 2.04. The number of hydrogen-bond donors (Lipinski definition) is 1. The molecule has 0 aliphatic carbocycles. The van der Waals surface area contributed by atoms with Crippen molar-refractivity contribution in [2.45, 2.75) is 18.8 Å². The first-order valence-corrected chi connectivity index (χ1v) is 5.26. The highest BCUT2D eigenvalue weighted by Gasteiger charge is 2.19. The second-order valence-electron chi connectivity index (χ2n) is 3.12.